The van der Waals surface area contributed by atoms with E-state index in [9.17, 15) is 9.90 Å². The van der Waals surface area contributed by atoms with E-state index < -0.39 is 18.3 Å². The fourth-order valence-electron chi connectivity index (χ4n) is 6.34. The molecule has 3 N–H and O–H groups in total. The highest BCUT2D eigenvalue weighted by Gasteiger charge is 2.48. The number of aromatic nitrogens is 2. The summed E-state index contributed by atoms with van der Waals surface area (Å²) in [5.74, 6) is 0.290. The minimum Gasteiger partial charge on any atom is -0.468 e. The topological polar surface area (TPSA) is 125 Å². The summed E-state index contributed by atoms with van der Waals surface area (Å²) < 4.78 is 17.4. The van der Waals surface area contributed by atoms with Crippen LogP contribution >= 0.6 is 11.6 Å². The Balaban J connectivity index is 1.14. The number of piperidine rings is 1. The number of amides is 1. The molecule has 4 aliphatic heterocycles. The van der Waals surface area contributed by atoms with E-state index in [1.54, 1.807) is 0 Å². The number of carbonyl (C=O) groups is 1. The number of rotatable bonds is 9. The van der Waals surface area contributed by atoms with Gasteiger partial charge in [0.1, 0.15) is 23.3 Å². The minimum absolute atomic E-state index is 0.205. The van der Waals surface area contributed by atoms with Gasteiger partial charge in [-0.3, -0.25) is 9.69 Å². The second-order valence-electron chi connectivity index (χ2n) is 11.6. The summed E-state index contributed by atoms with van der Waals surface area (Å²) in [5.41, 5.74) is 2.84. The number of likely N-dealkylation sites (N-methyl/N-ethyl adjacent to an activating group) is 1. The number of fused-ring (bicyclic) bond motifs is 1. The summed E-state index contributed by atoms with van der Waals surface area (Å²) in [6, 6.07) is 6.69. The van der Waals surface area contributed by atoms with E-state index in [4.69, 9.17) is 25.8 Å². The van der Waals surface area contributed by atoms with E-state index in [1.807, 2.05) is 12.1 Å². The van der Waals surface area contributed by atoms with Gasteiger partial charge in [-0.15, -0.1) is 0 Å². The Bertz CT molecular complexity index is 1300. The number of ether oxygens (including phenoxy) is 3. The third kappa shape index (κ3) is 6.89. The molecule has 232 valence electrons. The van der Waals surface area contributed by atoms with Gasteiger partial charge in [-0.25, -0.2) is 4.98 Å². The molecule has 5 heterocycles. The lowest BCUT2D eigenvalue weighted by molar-refractivity contribution is -0.116. The van der Waals surface area contributed by atoms with E-state index in [1.165, 1.54) is 12.3 Å². The number of hydrogen-bond donors (Lipinski definition) is 3. The summed E-state index contributed by atoms with van der Waals surface area (Å²) in [6.45, 7) is 10.8. The molecule has 13 heteroatoms. The molecule has 4 fully saturated rings. The van der Waals surface area contributed by atoms with Gasteiger partial charge in [-0.05, 0) is 49.7 Å². The molecule has 1 amide bonds. The molecule has 43 heavy (non-hydrogen) atoms. The number of carbonyl (C=O) groups excluding carboxylic acids is 1. The smallest absolute Gasteiger partial charge is 0.243 e. The molecule has 6 rings (SSSR count). The highest BCUT2D eigenvalue weighted by molar-refractivity contribution is 6.31. The zero-order chi connectivity index (χ0) is 29.9. The Kier molecular flexibility index (Phi) is 9.31. The van der Waals surface area contributed by atoms with Crippen LogP contribution in [0.2, 0.25) is 5.02 Å². The maximum Gasteiger partial charge on any atom is 0.243 e. The fraction of sp³-hybridized carbons (Fsp3) is 0.567. The predicted octanol–water partition coefficient (Wildman–Crippen LogP) is 1.80. The summed E-state index contributed by atoms with van der Waals surface area (Å²) in [7, 11) is 2.19. The number of halogens is 1. The first-order valence-electron chi connectivity index (χ1n) is 15.0. The Morgan fingerprint density at radius 1 is 1.16 bits per heavy atom. The van der Waals surface area contributed by atoms with Crippen molar-refractivity contribution in [1.29, 1.82) is 0 Å². The molecule has 2 aromatic rings. The molecule has 0 aliphatic carbocycles. The highest BCUT2D eigenvalue weighted by atomic mass is 35.5. The Labute approximate surface area is 256 Å². The molecule has 1 aromatic heterocycles. The zero-order valence-electron chi connectivity index (χ0n) is 24.5. The number of piperazine rings is 1. The molecular formula is C30H40ClN7O5. The highest BCUT2D eigenvalue weighted by Crippen LogP contribution is 2.33. The first kappa shape index (κ1) is 30.0. The van der Waals surface area contributed by atoms with E-state index in [-0.39, 0.29) is 36.1 Å². The molecule has 0 radical (unpaired) electrons. The van der Waals surface area contributed by atoms with Crippen LogP contribution in [0, 0.1) is 0 Å². The number of aliphatic hydroxyl groups excluding tert-OH is 1. The van der Waals surface area contributed by atoms with Crippen molar-refractivity contribution in [2.45, 2.75) is 49.8 Å². The summed E-state index contributed by atoms with van der Waals surface area (Å²) in [6.07, 6.45) is 3.07. The quantitative estimate of drug-likeness (QED) is 0.359. The lowest BCUT2D eigenvalue weighted by atomic mass is 10.00. The van der Waals surface area contributed by atoms with Gasteiger partial charge in [0.15, 0.2) is 6.10 Å². The SMILES string of the molecule is C=CC(=O)NCc1cc(Nc2ncc(Cl)c(O[C@@H]3CO[C@H]4[C@@H]3OC[C@H]4O)n2)ccc1N1CCC(N2CCN(C)CC2)CC1. The first-order chi connectivity index (χ1) is 20.9. The van der Waals surface area contributed by atoms with Crippen molar-refractivity contribution in [1.82, 2.24) is 25.1 Å². The molecule has 1 aromatic carbocycles. The number of anilines is 3. The second kappa shape index (κ2) is 13.3. The van der Waals surface area contributed by atoms with Gasteiger partial charge in [0.25, 0.3) is 0 Å². The zero-order valence-corrected chi connectivity index (χ0v) is 25.2. The molecule has 0 saturated carbocycles. The lowest BCUT2D eigenvalue weighted by Crippen LogP contribution is -2.52. The van der Waals surface area contributed by atoms with Crippen molar-refractivity contribution in [2.24, 2.45) is 0 Å². The number of aliphatic hydroxyl groups is 1. The summed E-state index contributed by atoms with van der Waals surface area (Å²) in [5, 5.41) is 16.5. The van der Waals surface area contributed by atoms with Crippen LogP contribution in [-0.4, -0.2) is 121 Å². The molecule has 0 bridgehead atoms. The normalized spacial score (nSPS) is 26.7. The third-order valence-electron chi connectivity index (χ3n) is 8.79. The van der Waals surface area contributed by atoms with Crippen LogP contribution in [0.3, 0.4) is 0 Å². The average Bonchev–Trinajstić information content (AvgIpc) is 3.60. The van der Waals surface area contributed by atoms with Crippen LogP contribution in [0.1, 0.15) is 18.4 Å². The monoisotopic (exact) mass is 613 g/mol. The van der Waals surface area contributed by atoms with Gasteiger partial charge in [-0.2, -0.15) is 4.98 Å². The van der Waals surface area contributed by atoms with Crippen LogP contribution in [-0.2, 0) is 20.8 Å². The molecular weight excluding hydrogens is 574 g/mol. The molecule has 4 saturated heterocycles. The van der Waals surface area contributed by atoms with Crippen LogP contribution < -0.4 is 20.3 Å². The van der Waals surface area contributed by atoms with Crippen LogP contribution in [0.4, 0.5) is 17.3 Å². The molecule has 4 aliphatic rings. The number of benzene rings is 1. The molecule has 0 spiro atoms. The average molecular weight is 614 g/mol. The van der Waals surface area contributed by atoms with Gasteiger partial charge in [0, 0.05) is 63.2 Å². The molecule has 12 nitrogen and oxygen atoms in total. The Hall–Kier alpha value is -3.00. The first-order valence-corrected chi connectivity index (χ1v) is 15.3. The van der Waals surface area contributed by atoms with Crippen molar-refractivity contribution in [3.05, 3.63) is 47.6 Å². The summed E-state index contributed by atoms with van der Waals surface area (Å²) >= 11 is 6.36. The van der Waals surface area contributed by atoms with Crippen molar-refractivity contribution >= 4 is 34.8 Å². The largest absolute Gasteiger partial charge is 0.468 e. The maximum atomic E-state index is 12.0. The number of hydrogen-bond acceptors (Lipinski definition) is 11. The van der Waals surface area contributed by atoms with E-state index in [0.717, 1.165) is 69.0 Å². The van der Waals surface area contributed by atoms with Crippen LogP contribution in [0.5, 0.6) is 5.88 Å². The summed E-state index contributed by atoms with van der Waals surface area (Å²) in [4.78, 5) is 28.3. The van der Waals surface area contributed by atoms with Crippen molar-refractivity contribution in [2.75, 3.05) is 69.7 Å². The molecule has 0 unspecified atom stereocenters. The van der Waals surface area contributed by atoms with Crippen molar-refractivity contribution < 1.29 is 24.1 Å². The van der Waals surface area contributed by atoms with Crippen LogP contribution in [0.25, 0.3) is 0 Å². The van der Waals surface area contributed by atoms with E-state index in [2.05, 4.69) is 55.0 Å². The lowest BCUT2D eigenvalue weighted by Gasteiger charge is -2.43. The fourth-order valence-corrected chi connectivity index (χ4v) is 6.47. The standard InChI is InChI=1S/C30H40ClN7O5/c1-3-26(40)32-15-19-14-20(4-5-23(19)38-8-6-21(7-9-38)37-12-10-36(2)11-13-37)34-30-33-16-22(31)29(35-30)43-25-18-42-27-24(39)17-41-28(25)27/h3-5,14,16,21,24-25,27-28,39H,1,6-13,15,17-18H2,2H3,(H,32,40)(H,33,34,35)/t24-,25-,27-,28-/m1/s1. The minimum atomic E-state index is -0.673. The Morgan fingerprint density at radius 3 is 2.70 bits per heavy atom. The van der Waals surface area contributed by atoms with Gasteiger partial charge in [0.2, 0.25) is 17.7 Å². The third-order valence-corrected chi connectivity index (χ3v) is 9.05. The van der Waals surface area contributed by atoms with E-state index in [0.29, 0.717) is 18.5 Å². The van der Waals surface area contributed by atoms with Crippen LogP contribution in [0.15, 0.2) is 37.1 Å². The van der Waals surface area contributed by atoms with E-state index >= 15 is 0 Å². The molecule has 4 atom stereocenters. The van der Waals surface area contributed by atoms with Crippen molar-refractivity contribution in [3.8, 4) is 5.88 Å². The Morgan fingerprint density at radius 2 is 1.93 bits per heavy atom. The number of nitrogens with zero attached hydrogens (tertiary/aromatic N) is 5. The maximum absolute atomic E-state index is 12.0. The predicted molar refractivity (Wildman–Crippen MR) is 163 cm³/mol. The van der Waals surface area contributed by atoms with Gasteiger partial charge in [-0.1, -0.05) is 18.2 Å². The van der Waals surface area contributed by atoms with Crippen molar-refractivity contribution in [3.63, 3.8) is 0 Å². The van der Waals surface area contributed by atoms with Gasteiger partial charge >= 0.3 is 0 Å². The van der Waals surface area contributed by atoms with Gasteiger partial charge in [0.05, 0.1) is 19.4 Å². The van der Waals surface area contributed by atoms with Gasteiger partial charge < -0.3 is 39.8 Å². The number of nitrogens with one attached hydrogen (secondary N) is 2. The second-order valence-corrected chi connectivity index (χ2v) is 12.0.